The number of carboxylic acid groups (broad SMARTS) is 2. The topological polar surface area (TPSA) is 184 Å². The number of allylic oxidation sites excluding steroid dienone is 1. The Kier molecular flexibility index (Phi) is 10.9. The van der Waals surface area contributed by atoms with E-state index >= 15 is 0 Å². The minimum atomic E-state index is -1.34. The number of dihydropyridines is 1. The standard InChI is InChI=1S/C30H38N4O9/c1-18-25(28(36)37)26(19-9-8-10-20(13-19)34(40)41)27(29(38)39)22(32-18)15-33(4)17-30(2,3)31-14-21(35)16-43-24-12-7-6-11-23(24)42-5/h6-13,21,26,31-32,35H,14-17H2,1-5H3,(H,36,37)(H,38,39). The second-order valence-corrected chi connectivity index (χ2v) is 11.0. The first-order valence-electron chi connectivity index (χ1n) is 13.5. The highest BCUT2D eigenvalue weighted by atomic mass is 16.6. The van der Waals surface area contributed by atoms with Crippen LogP contribution in [-0.2, 0) is 9.59 Å². The maximum atomic E-state index is 12.6. The predicted molar refractivity (Wildman–Crippen MR) is 158 cm³/mol. The third kappa shape index (κ3) is 8.53. The highest BCUT2D eigenvalue weighted by Gasteiger charge is 2.38. The molecule has 2 unspecified atom stereocenters. The number of aliphatic carboxylic acids is 2. The molecule has 0 spiro atoms. The number of hydrogen-bond acceptors (Lipinski definition) is 10. The SMILES string of the molecule is COc1ccccc1OCC(O)CNC(C)(C)CN(C)CC1=C(C(=O)O)C(c2cccc([N+](=O)[O-])c2)C(C(=O)O)=C(C)N1. The predicted octanol–water partition coefficient (Wildman–Crippen LogP) is 2.73. The van der Waals surface area contributed by atoms with Crippen LogP contribution in [0.4, 0.5) is 5.69 Å². The van der Waals surface area contributed by atoms with Gasteiger partial charge in [0.05, 0.1) is 29.1 Å². The second kappa shape index (κ2) is 14.1. The lowest BCUT2D eigenvalue weighted by molar-refractivity contribution is -0.384. The molecule has 2 atom stereocenters. The van der Waals surface area contributed by atoms with Crippen molar-refractivity contribution in [1.29, 1.82) is 0 Å². The maximum Gasteiger partial charge on any atom is 0.334 e. The van der Waals surface area contributed by atoms with Gasteiger partial charge in [-0.05, 0) is 45.5 Å². The van der Waals surface area contributed by atoms with Crippen LogP contribution >= 0.6 is 0 Å². The summed E-state index contributed by atoms with van der Waals surface area (Å²) in [4.78, 5) is 37.4. The number of nitrogens with zero attached hydrogens (tertiary/aromatic N) is 2. The van der Waals surface area contributed by atoms with E-state index in [1.807, 2.05) is 24.8 Å². The lowest BCUT2D eigenvalue weighted by Gasteiger charge is -2.35. The van der Waals surface area contributed by atoms with Gasteiger partial charge < -0.3 is 35.4 Å². The molecule has 0 aliphatic carbocycles. The van der Waals surface area contributed by atoms with Crippen LogP contribution < -0.4 is 20.1 Å². The van der Waals surface area contributed by atoms with Gasteiger partial charge >= 0.3 is 11.9 Å². The van der Waals surface area contributed by atoms with Gasteiger partial charge in [0.2, 0.25) is 0 Å². The average molecular weight is 599 g/mol. The first kappa shape index (κ1) is 33.0. The number of aliphatic hydroxyl groups is 1. The molecule has 0 saturated heterocycles. The van der Waals surface area contributed by atoms with Crippen LogP contribution in [0.2, 0.25) is 0 Å². The summed E-state index contributed by atoms with van der Waals surface area (Å²) in [6, 6.07) is 12.5. The normalized spacial score (nSPS) is 16.1. The molecule has 2 aromatic carbocycles. The Hall–Kier alpha value is -4.46. The number of likely N-dealkylation sites (N-methyl/N-ethyl adjacent to an activating group) is 1. The molecule has 43 heavy (non-hydrogen) atoms. The van der Waals surface area contributed by atoms with Gasteiger partial charge in [0.15, 0.2) is 11.5 Å². The number of rotatable bonds is 15. The lowest BCUT2D eigenvalue weighted by Crippen LogP contribution is -2.51. The van der Waals surface area contributed by atoms with Crippen LogP contribution in [0.1, 0.15) is 32.3 Å². The molecule has 2 aromatic rings. The number of carboxylic acids is 2. The number of benzene rings is 2. The van der Waals surface area contributed by atoms with Crippen LogP contribution in [-0.4, -0.2) is 89.1 Å². The fourth-order valence-electron chi connectivity index (χ4n) is 5.14. The Balaban J connectivity index is 1.75. The minimum Gasteiger partial charge on any atom is -0.493 e. The van der Waals surface area contributed by atoms with Gasteiger partial charge in [-0.25, -0.2) is 9.59 Å². The summed E-state index contributed by atoms with van der Waals surface area (Å²) in [5.74, 6) is -2.82. The number of ether oxygens (including phenoxy) is 2. The molecule has 232 valence electrons. The number of methoxy groups -OCH3 is 1. The van der Waals surface area contributed by atoms with E-state index in [4.69, 9.17) is 9.47 Å². The van der Waals surface area contributed by atoms with Crippen molar-refractivity contribution in [2.45, 2.75) is 38.3 Å². The molecule has 0 saturated carbocycles. The lowest BCUT2D eigenvalue weighted by atomic mass is 9.80. The van der Waals surface area contributed by atoms with E-state index in [1.165, 1.54) is 38.3 Å². The number of β-amino-alcohol motifs (C(OH)–C–C–N with tert-alkyl or cyclic N) is 1. The van der Waals surface area contributed by atoms with Crippen LogP contribution in [0.25, 0.3) is 0 Å². The van der Waals surface area contributed by atoms with Gasteiger partial charge in [-0.1, -0.05) is 24.3 Å². The first-order chi connectivity index (χ1) is 20.2. The van der Waals surface area contributed by atoms with E-state index in [1.54, 1.807) is 25.2 Å². The van der Waals surface area contributed by atoms with E-state index in [-0.39, 0.29) is 53.5 Å². The molecule has 13 heteroatoms. The molecule has 3 rings (SSSR count). The Labute approximate surface area is 249 Å². The van der Waals surface area contributed by atoms with Gasteiger partial charge in [-0.2, -0.15) is 0 Å². The summed E-state index contributed by atoms with van der Waals surface area (Å²) in [5.41, 5.74) is -0.500. The summed E-state index contributed by atoms with van der Waals surface area (Å²) in [6.45, 7) is 6.18. The number of non-ortho nitro benzene ring substituents is 1. The van der Waals surface area contributed by atoms with Crippen LogP contribution in [0, 0.1) is 10.1 Å². The van der Waals surface area contributed by atoms with E-state index in [0.29, 0.717) is 18.0 Å². The van der Waals surface area contributed by atoms with Crippen molar-refractivity contribution < 1.29 is 39.3 Å². The Morgan fingerprint density at radius 1 is 1.12 bits per heavy atom. The van der Waals surface area contributed by atoms with Gasteiger partial charge in [-0.3, -0.25) is 15.0 Å². The molecule has 5 N–H and O–H groups in total. The zero-order valence-electron chi connectivity index (χ0n) is 24.8. The van der Waals surface area contributed by atoms with Crippen LogP contribution in [0.3, 0.4) is 0 Å². The smallest absolute Gasteiger partial charge is 0.334 e. The minimum absolute atomic E-state index is 0.0363. The van der Waals surface area contributed by atoms with Crippen molar-refractivity contribution in [3.63, 3.8) is 0 Å². The van der Waals surface area contributed by atoms with Gasteiger partial charge in [0.1, 0.15) is 12.7 Å². The van der Waals surface area contributed by atoms with Crippen molar-refractivity contribution >= 4 is 17.6 Å². The third-order valence-electron chi connectivity index (χ3n) is 6.93. The van der Waals surface area contributed by atoms with Gasteiger partial charge in [-0.15, -0.1) is 0 Å². The quantitative estimate of drug-likeness (QED) is 0.149. The van der Waals surface area contributed by atoms with Crippen LogP contribution in [0.15, 0.2) is 71.1 Å². The molecule has 0 fully saturated rings. The highest BCUT2D eigenvalue weighted by Crippen LogP contribution is 2.39. The fraction of sp³-hybridized carbons (Fsp3) is 0.400. The molecule has 1 aliphatic heterocycles. The van der Waals surface area contributed by atoms with Crippen molar-refractivity contribution in [2.24, 2.45) is 0 Å². The highest BCUT2D eigenvalue weighted by molar-refractivity contribution is 5.98. The monoisotopic (exact) mass is 598 g/mol. The third-order valence-corrected chi connectivity index (χ3v) is 6.93. The molecule has 0 radical (unpaired) electrons. The summed E-state index contributed by atoms with van der Waals surface area (Å²) in [6.07, 6.45) is -0.825. The summed E-state index contributed by atoms with van der Waals surface area (Å²) < 4.78 is 11.0. The number of nitrogens with one attached hydrogen (secondary N) is 2. The molecule has 0 bridgehead atoms. The fourth-order valence-corrected chi connectivity index (χ4v) is 5.14. The van der Waals surface area contributed by atoms with Crippen molar-refractivity contribution in [2.75, 3.05) is 40.4 Å². The number of carbonyl (C=O) groups is 2. The molecule has 13 nitrogen and oxygen atoms in total. The van der Waals surface area contributed by atoms with E-state index in [2.05, 4.69) is 10.6 Å². The van der Waals surface area contributed by atoms with Crippen LogP contribution in [0.5, 0.6) is 11.5 Å². The molecule has 0 amide bonds. The molecule has 0 aromatic heterocycles. The Bertz CT molecular complexity index is 1420. The molecule has 1 aliphatic rings. The van der Waals surface area contributed by atoms with E-state index < -0.39 is 34.4 Å². The Morgan fingerprint density at radius 3 is 2.37 bits per heavy atom. The number of nitro groups is 1. The zero-order valence-corrected chi connectivity index (χ0v) is 24.8. The second-order valence-electron chi connectivity index (χ2n) is 11.0. The molecule has 1 heterocycles. The largest absolute Gasteiger partial charge is 0.493 e. The molecular weight excluding hydrogens is 560 g/mol. The maximum absolute atomic E-state index is 12.6. The van der Waals surface area contributed by atoms with Gasteiger partial charge in [0.25, 0.3) is 5.69 Å². The van der Waals surface area contributed by atoms with Gasteiger partial charge in [0, 0.05) is 48.7 Å². The first-order valence-corrected chi connectivity index (χ1v) is 13.5. The van der Waals surface area contributed by atoms with Crippen molar-refractivity contribution in [1.82, 2.24) is 15.5 Å². The van der Waals surface area contributed by atoms with Crippen molar-refractivity contribution in [3.05, 3.63) is 86.7 Å². The van der Waals surface area contributed by atoms with E-state index in [0.717, 1.165) is 0 Å². The number of para-hydroxylation sites is 2. The summed E-state index contributed by atoms with van der Waals surface area (Å²) in [5, 5.41) is 48.4. The molecular formula is C30H38N4O9. The number of hydrogen-bond donors (Lipinski definition) is 5. The average Bonchev–Trinajstić information content (AvgIpc) is 2.94. The summed E-state index contributed by atoms with van der Waals surface area (Å²) >= 11 is 0. The Morgan fingerprint density at radius 2 is 1.77 bits per heavy atom. The summed E-state index contributed by atoms with van der Waals surface area (Å²) in [7, 11) is 3.32. The zero-order chi connectivity index (χ0) is 31.9. The van der Waals surface area contributed by atoms with E-state index in [9.17, 15) is 35.0 Å². The van der Waals surface area contributed by atoms with Crippen molar-refractivity contribution in [3.8, 4) is 11.5 Å². The number of nitro benzene ring substituents is 1. The number of aliphatic hydroxyl groups excluding tert-OH is 1.